The molecular formula is C23H20N2O6S. The number of aliphatic carboxylic acids is 1. The summed E-state index contributed by atoms with van der Waals surface area (Å²) in [7, 11) is 0. The predicted molar refractivity (Wildman–Crippen MR) is 118 cm³/mol. The first-order chi connectivity index (χ1) is 15.4. The number of hydrogen-bond acceptors (Lipinski definition) is 6. The van der Waals surface area contributed by atoms with Crippen LogP contribution in [0.25, 0.3) is 6.08 Å². The van der Waals surface area contributed by atoms with Crippen LogP contribution in [-0.4, -0.2) is 57.6 Å². The van der Waals surface area contributed by atoms with Crippen LogP contribution in [0.2, 0.25) is 0 Å². The molecule has 0 spiro atoms. The van der Waals surface area contributed by atoms with Gasteiger partial charge >= 0.3 is 5.97 Å². The van der Waals surface area contributed by atoms with Crippen molar-refractivity contribution in [2.24, 2.45) is 0 Å². The topological polar surface area (TPSA) is 104 Å². The lowest BCUT2D eigenvalue weighted by Gasteiger charge is -2.29. The first-order valence-electron chi connectivity index (χ1n) is 9.96. The summed E-state index contributed by atoms with van der Waals surface area (Å²) in [5.74, 6) is -1.68. The first kappa shape index (κ1) is 21.6. The average molecular weight is 452 g/mol. The van der Waals surface area contributed by atoms with Gasteiger partial charge in [0, 0.05) is 18.7 Å². The molecule has 32 heavy (non-hydrogen) atoms. The van der Waals surface area contributed by atoms with Gasteiger partial charge in [0.2, 0.25) is 5.91 Å². The van der Waals surface area contributed by atoms with Crippen molar-refractivity contribution in [1.82, 2.24) is 9.80 Å². The molecule has 2 aliphatic heterocycles. The predicted octanol–water partition coefficient (Wildman–Crippen LogP) is 2.77. The minimum Gasteiger partial charge on any atom is -0.481 e. The van der Waals surface area contributed by atoms with Crippen LogP contribution in [0.3, 0.4) is 0 Å². The number of ether oxygens (including phenoxy) is 1. The molecule has 2 aliphatic rings. The van der Waals surface area contributed by atoms with E-state index in [-0.39, 0.29) is 23.1 Å². The van der Waals surface area contributed by atoms with Crippen molar-refractivity contribution in [2.45, 2.75) is 13.0 Å². The number of carbonyl (C=O) groups excluding carboxylic acids is 3. The van der Waals surface area contributed by atoms with Gasteiger partial charge in [0.05, 0.1) is 4.91 Å². The van der Waals surface area contributed by atoms with Crippen molar-refractivity contribution in [2.75, 3.05) is 19.7 Å². The number of carbonyl (C=O) groups is 4. The Morgan fingerprint density at radius 3 is 2.56 bits per heavy atom. The van der Waals surface area contributed by atoms with E-state index in [2.05, 4.69) is 0 Å². The van der Waals surface area contributed by atoms with Gasteiger partial charge in [0.1, 0.15) is 12.3 Å². The summed E-state index contributed by atoms with van der Waals surface area (Å²) in [4.78, 5) is 51.6. The van der Waals surface area contributed by atoms with Crippen LogP contribution in [-0.2, 0) is 27.3 Å². The lowest BCUT2D eigenvalue weighted by molar-refractivity contribution is -0.139. The summed E-state index contributed by atoms with van der Waals surface area (Å²) >= 11 is 0.743. The monoisotopic (exact) mass is 452 g/mol. The van der Waals surface area contributed by atoms with E-state index in [0.717, 1.165) is 28.6 Å². The van der Waals surface area contributed by atoms with E-state index in [1.165, 1.54) is 11.6 Å². The molecule has 2 heterocycles. The molecular weight excluding hydrogens is 432 g/mol. The number of thioether (sulfide) groups is 1. The Morgan fingerprint density at radius 2 is 1.78 bits per heavy atom. The number of amides is 3. The van der Waals surface area contributed by atoms with Crippen LogP contribution >= 0.6 is 11.8 Å². The smallest absolute Gasteiger partial charge is 0.341 e. The summed E-state index contributed by atoms with van der Waals surface area (Å²) in [6, 6.07) is 14.5. The standard InChI is InChI=1S/C23H20N2O6S/c26-20(24-10-9-15-5-1-2-7-17(15)12-24)13-25-22(29)19(32-23(25)30)11-16-6-3-4-8-18(16)31-14-21(27)28/h1-8,11H,9-10,12-14H2,(H,27,28). The van der Waals surface area contributed by atoms with Gasteiger partial charge < -0.3 is 14.7 Å². The molecule has 0 radical (unpaired) electrons. The summed E-state index contributed by atoms with van der Waals surface area (Å²) in [6.45, 7) is 0.146. The van der Waals surface area contributed by atoms with E-state index >= 15 is 0 Å². The Bertz CT molecular complexity index is 1130. The molecule has 0 unspecified atom stereocenters. The summed E-state index contributed by atoms with van der Waals surface area (Å²) in [6.07, 6.45) is 2.21. The number of para-hydroxylation sites is 1. The Hall–Kier alpha value is -3.59. The number of hydrogen-bond donors (Lipinski definition) is 1. The van der Waals surface area contributed by atoms with Crippen LogP contribution in [0.5, 0.6) is 5.75 Å². The zero-order chi connectivity index (χ0) is 22.7. The zero-order valence-electron chi connectivity index (χ0n) is 17.0. The fourth-order valence-corrected chi connectivity index (χ4v) is 4.42. The molecule has 1 saturated heterocycles. The van der Waals surface area contributed by atoms with Crippen molar-refractivity contribution in [1.29, 1.82) is 0 Å². The SMILES string of the molecule is O=C(O)COc1ccccc1C=C1SC(=O)N(CC(=O)N2CCc3ccccc3C2)C1=O. The van der Waals surface area contributed by atoms with E-state index in [1.54, 1.807) is 29.2 Å². The Morgan fingerprint density at radius 1 is 1.06 bits per heavy atom. The van der Waals surface area contributed by atoms with Crippen LogP contribution in [0.4, 0.5) is 4.79 Å². The molecule has 3 amide bonds. The first-order valence-corrected chi connectivity index (χ1v) is 10.8. The van der Waals surface area contributed by atoms with Crippen molar-refractivity contribution in [3.05, 3.63) is 70.1 Å². The van der Waals surface area contributed by atoms with E-state index in [9.17, 15) is 19.2 Å². The van der Waals surface area contributed by atoms with Gasteiger partial charge in [-0.25, -0.2) is 4.79 Å². The second-order valence-electron chi connectivity index (χ2n) is 7.32. The highest BCUT2D eigenvalue weighted by Crippen LogP contribution is 2.34. The molecule has 9 heteroatoms. The maximum Gasteiger partial charge on any atom is 0.341 e. The van der Waals surface area contributed by atoms with E-state index in [1.807, 2.05) is 24.3 Å². The second kappa shape index (κ2) is 9.27. The minimum atomic E-state index is -1.13. The Labute approximate surface area is 188 Å². The largest absolute Gasteiger partial charge is 0.481 e. The normalized spacial score (nSPS) is 16.9. The second-order valence-corrected chi connectivity index (χ2v) is 8.32. The molecule has 1 N–H and O–H groups in total. The molecule has 1 fully saturated rings. The number of imide groups is 1. The van der Waals surface area contributed by atoms with E-state index in [0.29, 0.717) is 18.7 Å². The van der Waals surface area contributed by atoms with Gasteiger partial charge in [-0.1, -0.05) is 42.5 Å². The molecule has 0 aliphatic carbocycles. The molecule has 4 rings (SSSR count). The molecule has 164 valence electrons. The van der Waals surface area contributed by atoms with Gasteiger partial charge in [0.25, 0.3) is 11.1 Å². The third kappa shape index (κ3) is 4.67. The zero-order valence-corrected chi connectivity index (χ0v) is 17.8. The molecule has 0 bridgehead atoms. The minimum absolute atomic E-state index is 0.151. The van der Waals surface area contributed by atoms with Gasteiger partial charge in [0.15, 0.2) is 6.61 Å². The number of rotatable bonds is 6. The van der Waals surface area contributed by atoms with Gasteiger partial charge in [-0.2, -0.15) is 0 Å². The van der Waals surface area contributed by atoms with E-state index < -0.39 is 23.7 Å². The summed E-state index contributed by atoms with van der Waals surface area (Å²) in [5.41, 5.74) is 2.74. The maximum absolute atomic E-state index is 12.8. The van der Waals surface area contributed by atoms with Crippen LogP contribution in [0.1, 0.15) is 16.7 Å². The third-order valence-electron chi connectivity index (χ3n) is 5.21. The van der Waals surface area contributed by atoms with Crippen molar-refractivity contribution >= 4 is 40.9 Å². The molecule has 0 atom stereocenters. The van der Waals surface area contributed by atoms with Crippen molar-refractivity contribution in [3.63, 3.8) is 0 Å². The highest BCUT2D eigenvalue weighted by molar-refractivity contribution is 8.18. The number of carboxylic acid groups (broad SMARTS) is 1. The summed E-state index contributed by atoms with van der Waals surface area (Å²) in [5, 5.41) is 8.30. The molecule has 8 nitrogen and oxygen atoms in total. The van der Waals surface area contributed by atoms with Crippen LogP contribution in [0, 0.1) is 0 Å². The van der Waals surface area contributed by atoms with Crippen molar-refractivity contribution in [3.8, 4) is 5.75 Å². The average Bonchev–Trinajstić information content (AvgIpc) is 3.05. The Balaban J connectivity index is 1.46. The van der Waals surface area contributed by atoms with Gasteiger partial charge in [-0.05, 0) is 41.5 Å². The van der Waals surface area contributed by atoms with Gasteiger partial charge in [-0.3, -0.25) is 19.3 Å². The number of nitrogens with zero attached hydrogens (tertiary/aromatic N) is 2. The number of carboxylic acids is 1. The highest BCUT2D eigenvalue weighted by atomic mass is 32.2. The fraction of sp³-hybridized carbons (Fsp3) is 0.217. The molecule has 2 aromatic rings. The Kier molecular flexibility index (Phi) is 6.27. The molecule has 0 saturated carbocycles. The number of fused-ring (bicyclic) bond motifs is 1. The third-order valence-corrected chi connectivity index (χ3v) is 6.11. The lowest BCUT2D eigenvalue weighted by atomic mass is 10.00. The van der Waals surface area contributed by atoms with Crippen LogP contribution < -0.4 is 4.74 Å². The summed E-state index contributed by atoms with van der Waals surface area (Å²) < 4.78 is 5.25. The van der Waals surface area contributed by atoms with Gasteiger partial charge in [-0.15, -0.1) is 0 Å². The molecule has 0 aromatic heterocycles. The quantitative estimate of drug-likeness (QED) is 0.672. The van der Waals surface area contributed by atoms with Crippen LogP contribution in [0.15, 0.2) is 53.4 Å². The fourth-order valence-electron chi connectivity index (χ4n) is 3.59. The highest BCUT2D eigenvalue weighted by Gasteiger charge is 2.37. The van der Waals surface area contributed by atoms with E-state index in [4.69, 9.17) is 9.84 Å². The maximum atomic E-state index is 12.8. The molecule has 2 aromatic carbocycles. The van der Waals surface area contributed by atoms with Crippen molar-refractivity contribution < 1.29 is 29.0 Å². The lowest BCUT2D eigenvalue weighted by Crippen LogP contribution is -2.44. The number of benzene rings is 2.